The van der Waals surface area contributed by atoms with Crippen LogP contribution in [0.15, 0.2) is 24.3 Å². The standard InChI is InChI=1S/C16H26N2O/c1-3-16(14-4-6-15(19)7-5-14)18-10-8-13(9-11-18)12-17-2/h4-7,13,16-17,19H,3,8-12H2,1-2H3. The van der Waals surface area contributed by atoms with Gasteiger partial charge >= 0.3 is 0 Å². The predicted octanol–water partition coefficient (Wildman–Crippen LogP) is 2.77. The van der Waals surface area contributed by atoms with Gasteiger partial charge in [-0.05, 0) is 69.6 Å². The smallest absolute Gasteiger partial charge is 0.115 e. The fraction of sp³-hybridized carbons (Fsp3) is 0.625. The summed E-state index contributed by atoms with van der Waals surface area (Å²) in [4.78, 5) is 2.60. The molecule has 0 saturated carbocycles. The second kappa shape index (κ2) is 6.92. The van der Waals surface area contributed by atoms with Gasteiger partial charge in [0.15, 0.2) is 0 Å². The maximum Gasteiger partial charge on any atom is 0.115 e. The molecule has 1 atom stereocenters. The summed E-state index contributed by atoms with van der Waals surface area (Å²) in [6, 6.07) is 8.21. The van der Waals surface area contributed by atoms with E-state index in [0.717, 1.165) is 18.9 Å². The zero-order chi connectivity index (χ0) is 13.7. The van der Waals surface area contributed by atoms with Gasteiger partial charge in [0.25, 0.3) is 0 Å². The number of hydrogen-bond acceptors (Lipinski definition) is 3. The minimum atomic E-state index is 0.353. The average molecular weight is 262 g/mol. The van der Waals surface area contributed by atoms with E-state index in [1.807, 2.05) is 7.05 Å². The van der Waals surface area contributed by atoms with Crippen LogP contribution in [0, 0.1) is 5.92 Å². The van der Waals surface area contributed by atoms with Crippen LogP contribution in [0.2, 0.25) is 0 Å². The lowest BCUT2D eigenvalue weighted by atomic mass is 9.93. The number of benzene rings is 1. The third kappa shape index (κ3) is 3.71. The van der Waals surface area contributed by atoms with Crippen molar-refractivity contribution < 1.29 is 5.11 Å². The Labute approximate surface area is 116 Å². The highest BCUT2D eigenvalue weighted by Gasteiger charge is 2.24. The molecule has 2 N–H and O–H groups in total. The fourth-order valence-electron chi connectivity index (χ4n) is 3.16. The van der Waals surface area contributed by atoms with Gasteiger partial charge in [0.05, 0.1) is 0 Å². The summed E-state index contributed by atoms with van der Waals surface area (Å²) in [7, 11) is 2.04. The van der Waals surface area contributed by atoms with Crippen molar-refractivity contribution in [2.24, 2.45) is 5.92 Å². The first-order chi connectivity index (χ1) is 9.24. The molecule has 0 bridgehead atoms. The second-order valence-electron chi connectivity index (χ2n) is 5.55. The van der Waals surface area contributed by atoms with Crippen LogP contribution in [-0.2, 0) is 0 Å². The van der Waals surface area contributed by atoms with Crippen LogP contribution in [-0.4, -0.2) is 36.7 Å². The predicted molar refractivity (Wildman–Crippen MR) is 79.4 cm³/mol. The lowest BCUT2D eigenvalue weighted by Gasteiger charge is -2.37. The molecular formula is C16H26N2O. The van der Waals surface area contributed by atoms with Gasteiger partial charge in [-0.15, -0.1) is 0 Å². The zero-order valence-corrected chi connectivity index (χ0v) is 12.1. The highest BCUT2D eigenvalue weighted by atomic mass is 16.3. The Bertz CT molecular complexity index is 369. The zero-order valence-electron chi connectivity index (χ0n) is 12.1. The monoisotopic (exact) mass is 262 g/mol. The molecule has 1 aliphatic heterocycles. The summed E-state index contributed by atoms with van der Waals surface area (Å²) >= 11 is 0. The van der Waals surface area contributed by atoms with Gasteiger partial charge in [-0.3, -0.25) is 4.90 Å². The minimum absolute atomic E-state index is 0.353. The minimum Gasteiger partial charge on any atom is -0.508 e. The molecule has 106 valence electrons. The van der Waals surface area contributed by atoms with Crippen LogP contribution in [0.4, 0.5) is 0 Å². The lowest BCUT2D eigenvalue weighted by molar-refractivity contribution is 0.129. The summed E-state index contributed by atoms with van der Waals surface area (Å²) in [5.74, 6) is 1.19. The Morgan fingerprint density at radius 2 is 1.89 bits per heavy atom. The van der Waals surface area contributed by atoms with Crippen LogP contribution < -0.4 is 5.32 Å². The first-order valence-electron chi connectivity index (χ1n) is 7.42. The number of aromatic hydroxyl groups is 1. The number of phenols is 1. The average Bonchev–Trinajstić information content (AvgIpc) is 2.44. The molecule has 19 heavy (non-hydrogen) atoms. The lowest BCUT2D eigenvalue weighted by Crippen LogP contribution is -2.38. The first-order valence-corrected chi connectivity index (χ1v) is 7.42. The first kappa shape index (κ1) is 14.4. The van der Waals surface area contributed by atoms with E-state index in [0.29, 0.717) is 11.8 Å². The number of likely N-dealkylation sites (tertiary alicyclic amines) is 1. The van der Waals surface area contributed by atoms with Crippen LogP contribution in [0.5, 0.6) is 5.75 Å². The molecule has 3 nitrogen and oxygen atoms in total. The van der Waals surface area contributed by atoms with Gasteiger partial charge in [0, 0.05) is 6.04 Å². The highest BCUT2D eigenvalue weighted by Crippen LogP contribution is 2.29. The van der Waals surface area contributed by atoms with Crippen molar-refractivity contribution in [1.82, 2.24) is 10.2 Å². The molecule has 0 aromatic heterocycles. The van der Waals surface area contributed by atoms with Gasteiger partial charge in [0.2, 0.25) is 0 Å². The van der Waals surface area contributed by atoms with Crippen molar-refractivity contribution in [3.8, 4) is 5.75 Å². The topological polar surface area (TPSA) is 35.5 Å². The molecule has 1 unspecified atom stereocenters. The van der Waals surface area contributed by atoms with Crippen molar-refractivity contribution in [2.45, 2.75) is 32.2 Å². The molecule has 1 fully saturated rings. The van der Waals surface area contributed by atoms with Gasteiger partial charge in [-0.2, -0.15) is 0 Å². The number of hydrogen-bond donors (Lipinski definition) is 2. The summed E-state index contributed by atoms with van der Waals surface area (Å²) < 4.78 is 0. The largest absolute Gasteiger partial charge is 0.508 e. The normalized spacial score (nSPS) is 19.5. The van der Waals surface area contributed by atoms with Crippen LogP contribution in [0.3, 0.4) is 0 Å². The SMILES string of the molecule is CCC(c1ccc(O)cc1)N1CCC(CNC)CC1. The number of nitrogens with one attached hydrogen (secondary N) is 1. The van der Waals surface area contributed by atoms with E-state index in [4.69, 9.17) is 0 Å². The van der Waals surface area contributed by atoms with Crippen LogP contribution in [0.1, 0.15) is 37.8 Å². The van der Waals surface area contributed by atoms with Crippen LogP contribution >= 0.6 is 0 Å². The number of piperidine rings is 1. The van der Waals surface area contributed by atoms with Gasteiger partial charge in [-0.1, -0.05) is 19.1 Å². The van der Waals surface area contributed by atoms with Crippen LogP contribution in [0.25, 0.3) is 0 Å². The number of phenolic OH excluding ortho intramolecular Hbond substituents is 1. The third-order valence-corrected chi connectivity index (χ3v) is 4.25. The third-order valence-electron chi connectivity index (χ3n) is 4.25. The Morgan fingerprint density at radius 1 is 1.26 bits per heavy atom. The molecule has 0 spiro atoms. The van der Waals surface area contributed by atoms with E-state index in [2.05, 4.69) is 29.3 Å². The maximum atomic E-state index is 9.39. The summed E-state index contributed by atoms with van der Waals surface area (Å²) in [6.07, 6.45) is 3.70. The van der Waals surface area contributed by atoms with E-state index >= 15 is 0 Å². The van der Waals surface area contributed by atoms with E-state index in [1.165, 1.54) is 31.5 Å². The van der Waals surface area contributed by atoms with Gasteiger partial charge < -0.3 is 10.4 Å². The molecule has 0 amide bonds. The summed E-state index contributed by atoms with van der Waals surface area (Å²) in [5, 5.41) is 12.7. The molecule has 1 aromatic carbocycles. The van der Waals surface area contributed by atoms with E-state index < -0.39 is 0 Å². The van der Waals surface area contributed by atoms with E-state index in [9.17, 15) is 5.11 Å². The Morgan fingerprint density at radius 3 is 2.42 bits per heavy atom. The maximum absolute atomic E-state index is 9.39. The molecule has 2 rings (SSSR count). The van der Waals surface area contributed by atoms with Gasteiger partial charge in [0.1, 0.15) is 5.75 Å². The summed E-state index contributed by atoms with van der Waals surface area (Å²) in [6.45, 7) is 5.76. The molecule has 3 heteroatoms. The molecule has 1 aliphatic rings. The van der Waals surface area contributed by atoms with E-state index in [1.54, 1.807) is 12.1 Å². The molecular weight excluding hydrogens is 236 g/mol. The fourth-order valence-corrected chi connectivity index (χ4v) is 3.16. The van der Waals surface area contributed by atoms with Crippen molar-refractivity contribution in [3.05, 3.63) is 29.8 Å². The molecule has 1 aromatic rings. The van der Waals surface area contributed by atoms with Crippen molar-refractivity contribution in [3.63, 3.8) is 0 Å². The molecule has 0 aliphatic carbocycles. The van der Waals surface area contributed by atoms with Crippen molar-refractivity contribution in [1.29, 1.82) is 0 Å². The summed E-state index contributed by atoms with van der Waals surface area (Å²) in [5.41, 5.74) is 1.33. The van der Waals surface area contributed by atoms with Crippen molar-refractivity contribution >= 4 is 0 Å². The Kier molecular flexibility index (Phi) is 5.23. The Hall–Kier alpha value is -1.06. The quantitative estimate of drug-likeness (QED) is 0.856. The molecule has 0 radical (unpaired) electrons. The van der Waals surface area contributed by atoms with E-state index in [-0.39, 0.29) is 0 Å². The van der Waals surface area contributed by atoms with Crippen molar-refractivity contribution in [2.75, 3.05) is 26.7 Å². The Balaban J connectivity index is 1.97. The number of nitrogens with zero attached hydrogens (tertiary/aromatic N) is 1. The molecule has 1 saturated heterocycles. The second-order valence-corrected chi connectivity index (χ2v) is 5.55. The molecule has 1 heterocycles. The highest BCUT2D eigenvalue weighted by molar-refractivity contribution is 5.28. The number of rotatable bonds is 5. The van der Waals surface area contributed by atoms with Gasteiger partial charge in [-0.25, -0.2) is 0 Å².